The van der Waals surface area contributed by atoms with Gasteiger partial charge in [0, 0.05) is 6.07 Å². The fourth-order valence-corrected chi connectivity index (χ4v) is 1.65. The number of pyridine rings is 1. The standard InChI is InChI=1S/C13H9ClFNO3/c14-12-5-4-10(13(17)18)11(16-12)7-19-9-3-1-2-8(15)6-9/h1-6H,7H2,(H,17,18). The number of hydrogen-bond donors (Lipinski definition) is 1. The molecule has 2 aromatic rings. The van der Waals surface area contributed by atoms with Crippen LogP contribution in [0.5, 0.6) is 5.75 Å². The molecule has 0 aliphatic heterocycles. The lowest BCUT2D eigenvalue weighted by Crippen LogP contribution is -2.08. The van der Waals surface area contributed by atoms with E-state index in [4.69, 9.17) is 21.4 Å². The first-order chi connectivity index (χ1) is 9.06. The van der Waals surface area contributed by atoms with Gasteiger partial charge in [-0.3, -0.25) is 0 Å². The van der Waals surface area contributed by atoms with Crippen LogP contribution in [0.15, 0.2) is 36.4 Å². The van der Waals surface area contributed by atoms with Crippen molar-refractivity contribution in [3.05, 3.63) is 58.6 Å². The molecule has 1 aromatic carbocycles. The molecule has 0 aliphatic rings. The molecule has 0 aliphatic carbocycles. The van der Waals surface area contributed by atoms with Crippen LogP contribution in [0.25, 0.3) is 0 Å². The maximum Gasteiger partial charge on any atom is 0.337 e. The molecule has 0 spiro atoms. The maximum absolute atomic E-state index is 13.0. The first kappa shape index (κ1) is 13.3. The van der Waals surface area contributed by atoms with E-state index in [-0.39, 0.29) is 28.8 Å². The van der Waals surface area contributed by atoms with E-state index in [1.54, 1.807) is 6.07 Å². The molecule has 1 heterocycles. The Morgan fingerprint density at radius 3 is 2.84 bits per heavy atom. The largest absolute Gasteiger partial charge is 0.487 e. The van der Waals surface area contributed by atoms with E-state index in [1.807, 2.05) is 0 Å². The first-order valence-corrected chi connectivity index (χ1v) is 5.71. The molecular formula is C13H9ClFNO3. The quantitative estimate of drug-likeness (QED) is 0.875. The second kappa shape index (κ2) is 5.67. The fourth-order valence-electron chi connectivity index (χ4n) is 1.49. The predicted octanol–water partition coefficient (Wildman–Crippen LogP) is 3.15. The van der Waals surface area contributed by atoms with Gasteiger partial charge in [-0.1, -0.05) is 17.7 Å². The highest BCUT2D eigenvalue weighted by Crippen LogP contribution is 2.17. The van der Waals surface area contributed by atoms with Crippen LogP contribution in [0.3, 0.4) is 0 Å². The summed E-state index contributed by atoms with van der Waals surface area (Å²) in [5.41, 5.74) is 0.185. The molecular weight excluding hydrogens is 273 g/mol. The first-order valence-electron chi connectivity index (χ1n) is 5.33. The number of benzene rings is 1. The second-order valence-corrected chi connectivity index (χ2v) is 4.07. The lowest BCUT2D eigenvalue weighted by atomic mass is 10.2. The Labute approximate surface area is 113 Å². The molecule has 0 saturated carbocycles. The van der Waals surface area contributed by atoms with Gasteiger partial charge in [-0.15, -0.1) is 0 Å². The van der Waals surface area contributed by atoms with Gasteiger partial charge in [0.25, 0.3) is 0 Å². The summed E-state index contributed by atoms with van der Waals surface area (Å²) >= 11 is 5.71. The zero-order valence-corrected chi connectivity index (χ0v) is 10.4. The summed E-state index contributed by atoms with van der Waals surface area (Å²) in [6.45, 7) is -0.106. The van der Waals surface area contributed by atoms with E-state index >= 15 is 0 Å². The van der Waals surface area contributed by atoms with Crippen molar-refractivity contribution in [1.82, 2.24) is 4.98 Å². The van der Waals surface area contributed by atoms with E-state index in [2.05, 4.69) is 4.98 Å². The van der Waals surface area contributed by atoms with Crippen LogP contribution in [0.4, 0.5) is 4.39 Å². The summed E-state index contributed by atoms with van der Waals surface area (Å²) in [7, 11) is 0. The summed E-state index contributed by atoms with van der Waals surface area (Å²) in [5.74, 6) is -1.27. The zero-order valence-electron chi connectivity index (χ0n) is 9.64. The average Bonchev–Trinajstić information content (AvgIpc) is 2.36. The summed E-state index contributed by atoms with van der Waals surface area (Å²) in [6.07, 6.45) is 0. The van der Waals surface area contributed by atoms with E-state index in [1.165, 1.54) is 30.3 Å². The number of carboxylic acid groups (broad SMARTS) is 1. The van der Waals surface area contributed by atoms with Gasteiger partial charge >= 0.3 is 5.97 Å². The third kappa shape index (κ3) is 3.42. The molecule has 0 atom stereocenters. The molecule has 19 heavy (non-hydrogen) atoms. The molecule has 2 rings (SSSR count). The van der Waals surface area contributed by atoms with Crippen molar-refractivity contribution in [1.29, 1.82) is 0 Å². The van der Waals surface area contributed by atoms with Gasteiger partial charge in [-0.25, -0.2) is 14.2 Å². The van der Waals surface area contributed by atoms with Crippen molar-refractivity contribution in [3.63, 3.8) is 0 Å². The minimum absolute atomic E-state index is 0.000744. The molecule has 0 fully saturated rings. The van der Waals surface area contributed by atoms with Crippen LogP contribution in [0.1, 0.15) is 16.1 Å². The molecule has 6 heteroatoms. The Kier molecular flexibility index (Phi) is 3.97. The Hall–Kier alpha value is -2.14. The van der Waals surface area contributed by atoms with Crippen LogP contribution in [0.2, 0.25) is 5.15 Å². The highest BCUT2D eigenvalue weighted by molar-refractivity contribution is 6.29. The number of carboxylic acids is 1. The van der Waals surface area contributed by atoms with Crippen molar-refractivity contribution in [2.75, 3.05) is 0 Å². The number of nitrogens with zero attached hydrogens (tertiary/aromatic N) is 1. The van der Waals surface area contributed by atoms with Gasteiger partial charge in [-0.05, 0) is 24.3 Å². The Morgan fingerprint density at radius 2 is 2.16 bits per heavy atom. The molecule has 1 N–H and O–H groups in total. The fraction of sp³-hybridized carbons (Fsp3) is 0.0769. The number of hydrogen-bond acceptors (Lipinski definition) is 3. The van der Waals surface area contributed by atoms with Gasteiger partial charge in [-0.2, -0.15) is 0 Å². The molecule has 0 bridgehead atoms. The Balaban J connectivity index is 2.19. The number of aromatic carboxylic acids is 1. The Morgan fingerprint density at radius 1 is 1.37 bits per heavy atom. The molecule has 0 unspecified atom stereocenters. The van der Waals surface area contributed by atoms with E-state index < -0.39 is 11.8 Å². The number of rotatable bonds is 4. The van der Waals surface area contributed by atoms with Crippen LogP contribution in [0, 0.1) is 5.82 Å². The number of ether oxygens (including phenoxy) is 1. The minimum Gasteiger partial charge on any atom is -0.487 e. The second-order valence-electron chi connectivity index (χ2n) is 3.68. The van der Waals surface area contributed by atoms with Gasteiger partial charge in [0.2, 0.25) is 0 Å². The number of carbonyl (C=O) groups is 1. The summed E-state index contributed by atoms with van der Waals surface area (Å²) in [4.78, 5) is 14.9. The summed E-state index contributed by atoms with van der Waals surface area (Å²) in [6, 6.07) is 8.28. The van der Waals surface area contributed by atoms with E-state index in [0.717, 1.165) is 0 Å². The summed E-state index contributed by atoms with van der Waals surface area (Å²) < 4.78 is 18.2. The van der Waals surface area contributed by atoms with Gasteiger partial charge in [0.1, 0.15) is 23.3 Å². The lowest BCUT2D eigenvalue weighted by Gasteiger charge is -2.08. The van der Waals surface area contributed by atoms with Crippen LogP contribution in [-0.2, 0) is 6.61 Å². The van der Waals surface area contributed by atoms with Gasteiger partial charge in [0.15, 0.2) is 0 Å². The van der Waals surface area contributed by atoms with E-state index in [0.29, 0.717) is 0 Å². The molecule has 0 saturated heterocycles. The molecule has 1 aromatic heterocycles. The Bertz CT molecular complexity index is 619. The van der Waals surface area contributed by atoms with Crippen molar-refractivity contribution in [2.24, 2.45) is 0 Å². The van der Waals surface area contributed by atoms with Crippen molar-refractivity contribution in [2.45, 2.75) is 6.61 Å². The average molecular weight is 282 g/mol. The predicted molar refractivity (Wildman–Crippen MR) is 66.9 cm³/mol. The third-order valence-electron chi connectivity index (χ3n) is 2.34. The number of aromatic nitrogens is 1. The smallest absolute Gasteiger partial charge is 0.337 e. The summed E-state index contributed by atoms with van der Waals surface area (Å²) in [5, 5.41) is 9.17. The molecule has 4 nitrogen and oxygen atoms in total. The highest BCUT2D eigenvalue weighted by atomic mass is 35.5. The molecule has 0 radical (unpaired) electrons. The van der Waals surface area contributed by atoms with Gasteiger partial charge < -0.3 is 9.84 Å². The normalized spacial score (nSPS) is 10.2. The van der Waals surface area contributed by atoms with Crippen LogP contribution in [-0.4, -0.2) is 16.1 Å². The van der Waals surface area contributed by atoms with Crippen LogP contribution < -0.4 is 4.74 Å². The minimum atomic E-state index is -1.12. The van der Waals surface area contributed by atoms with Crippen molar-refractivity contribution < 1.29 is 19.0 Å². The topological polar surface area (TPSA) is 59.4 Å². The highest BCUT2D eigenvalue weighted by Gasteiger charge is 2.12. The zero-order chi connectivity index (χ0) is 13.8. The lowest BCUT2D eigenvalue weighted by molar-refractivity contribution is 0.0693. The molecule has 98 valence electrons. The van der Waals surface area contributed by atoms with Crippen LogP contribution >= 0.6 is 11.6 Å². The van der Waals surface area contributed by atoms with E-state index in [9.17, 15) is 9.18 Å². The van der Waals surface area contributed by atoms with Gasteiger partial charge in [0.05, 0.1) is 11.3 Å². The SMILES string of the molecule is O=C(O)c1ccc(Cl)nc1COc1cccc(F)c1. The van der Waals surface area contributed by atoms with Crippen molar-refractivity contribution in [3.8, 4) is 5.75 Å². The third-order valence-corrected chi connectivity index (χ3v) is 2.55. The number of halogens is 2. The van der Waals surface area contributed by atoms with Crippen molar-refractivity contribution >= 4 is 17.6 Å². The maximum atomic E-state index is 13.0. The monoisotopic (exact) mass is 281 g/mol. The molecule has 0 amide bonds.